The summed E-state index contributed by atoms with van der Waals surface area (Å²) in [6, 6.07) is 15.6. The van der Waals surface area contributed by atoms with Crippen LogP contribution in [0.15, 0.2) is 54.7 Å². The van der Waals surface area contributed by atoms with Crippen molar-refractivity contribution in [3.63, 3.8) is 0 Å². The molecule has 4 aromatic rings. The number of pyridine rings is 1. The van der Waals surface area contributed by atoms with Crippen molar-refractivity contribution in [2.45, 2.75) is 26.8 Å². The fourth-order valence-corrected chi connectivity index (χ4v) is 3.12. The molecule has 1 aromatic carbocycles. The summed E-state index contributed by atoms with van der Waals surface area (Å²) in [5, 5.41) is 15.3. The van der Waals surface area contributed by atoms with Crippen LogP contribution in [0.25, 0.3) is 11.3 Å². The molecule has 0 aliphatic carbocycles. The van der Waals surface area contributed by atoms with Gasteiger partial charge in [0.2, 0.25) is 5.82 Å². The standard InChI is InChI=1S/C21H21N7O/c1-3-28-17(11-14(2)27-28)16-9-10-22-18(13-16)24-21(29)20-23-19(25-26-20)12-15-7-5-4-6-8-15/h4-11,13H,3,12H2,1-2H3,(H,22,24,29)(H,23,25,26). The third kappa shape index (κ3) is 4.21. The van der Waals surface area contributed by atoms with E-state index in [1.165, 1.54) is 0 Å². The normalized spacial score (nSPS) is 10.8. The van der Waals surface area contributed by atoms with Gasteiger partial charge in [-0.1, -0.05) is 30.3 Å². The largest absolute Gasteiger partial charge is 0.321 e. The van der Waals surface area contributed by atoms with Crippen LogP contribution in [0.4, 0.5) is 5.82 Å². The zero-order valence-corrected chi connectivity index (χ0v) is 16.3. The quantitative estimate of drug-likeness (QED) is 0.529. The van der Waals surface area contributed by atoms with Gasteiger partial charge < -0.3 is 10.3 Å². The highest BCUT2D eigenvalue weighted by Crippen LogP contribution is 2.22. The Morgan fingerprint density at radius 2 is 1.97 bits per heavy atom. The van der Waals surface area contributed by atoms with E-state index in [0.717, 1.165) is 29.1 Å². The molecule has 1 amide bonds. The van der Waals surface area contributed by atoms with Gasteiger partial charge in [-0.05, 0) is 37.6 Å². The second-order valence-electron chi connectivity index (χ2n) is 6.65. The van der Waals surface area contributed by atoms with E-state index >= 15 is 0 Å². The molecule has 3 heterocycles. The smallest absolute Gasteiger partial charge is 0.294 e. The van der Waals surface area contributed by atoms with Gasteiger partial charge in [-0.3, -0.25) is 9.48 Å². The Morgan fingerprint density at radius 1 is 1.14 bits per heavy atom. The Hall–Kier alpha value is -3.81. The van der Waals surface area contributed by atoms with Crippen molar-refractivity contribution in [3.05, 3.63) is 77.6 Å². The molecular weight excluding hydrogens is 366 g/mol. The van der Waals surface area contributed by atoms with Gasteiger partial charge in [0.1, 0.15) is 11.6 Å². The first-order valence-electron chi connectivity index (χ1n) is 9.40. The van der Waals surface area contributed by atoms with Crippen LogP contribution < -0.4 is 5.32 Å². The molecule has 0 saturated heterocycles. The first kappa shape index (κ1) is 18.5. The van der Waals surface area contributed by atoms with E-state index in [4.69, 9.17) is 0 Å². The van der Waals surface area contributed by atoms with Gasteiger partial charge >= 0.3 is 0 Å². The molecule has 2 N–H and O–H groups in total. The van der Waals surface area contributed by atoms with Crippen LogP contribution in [-0.4, -0.2) is 35.9 Å². The second-order valence-corrected chi connectivity index (χ2v) is 6.65. The molecule has 0 bridgehead atoms. The molecule has 0 unspecified atom stereocenters. The highest BCUT2D eigenvalue weighted by molar-refractivity contribution is 6.01. The maximum absolute atomic E-state index is 12.6. The monoisotopic (exact) mass is 387 g/mol. The van der Waals surface area contributed by atoms with Gasteiger partial charge in [0.25, 0.3) is 5.91 Å². The van der Waals surface area contributed by atoms with E-state index in [9.17, 15) is 4.79 Å². The average Bonchev–Trinajstić information content (AvgIpc) is 3.35. The fraction of sp³-hybridized carbons (Fsp3) is 0.190. The van der Waals surface area contributed by atoms with Crippen molar-refractivity contribution in [1.82, 2.24) is 29.9 Å². The number of aryl methyl sites for hydroxylation is 2. The summed E-state index contributed by atoms with van der Waals surface area (Å²) < 4.78 is 1.92. The number of aromatic nitrogens is 6. The van der Waals surface area contributed by atoms with Crippen LogP contribution in [0, 0.1) is 6.92 Å². The van der Waals surface area contributed by atoms with Crippen molar-refractivity contribution in [1.29, 1.82) is 0 Å². The van der Waals surface area contributed by atoms with Gasteiger partial charge in [0.15, 0.2) is 0 Å². The Kier molecular flexibility index (Phi) is 5.15. The SMILES string of the molecule is CCn1nc(C)cc1-c1ccnc(NC(=O)c2nnc(Cc3ccccc3)[nH]2)c1. The average molecular weight is 387 g/mol. The number of H-pyrrole nitrogens is 1. The van der Waals surface area contributed by atoms with Gasteiger partial charge in [-0.2, -0.15) is 5.10 Å². The van der Waals surface area contributed by atoms with Crippen molar-refractivity contribution in [3.8, 4) is 11.3 Å². The third-order valence-electron chi connectivity index (χ3n) is 4.46. The van der Waals surface area contributed by atoms with Crippen molar-refractivity contribution < 1.29 is 4.79 Å². The highest BCUT2D eigenvalue weighted by atomic mass is 16.2. The molecule has 0 atom stereocenters. The molecule has 8 nitrogen and oxygen atoms in total. The van der Waals surface area contributed by atoms with Crippen LogP contribution in [0.1, 0.15) is 34.6 Å². The topological polar surface area (TPSA) is 101 Å². The Labute approximate surface area is 168 Å². The molecule has 146 valence electrons. The summed E-state index contributed by atoms with van der Waals surface area (Å²) in [5.41, 5.74) is 3.94. The number of anilines is 1. The van der Waals surface area contributed by atoms with Crippen molar-refractivity contribution in [2.24, 2.45) is 0 Å². The predicted octanol–water partition coefficient (Wildman–Crippen LogP) is 3.23. The number of carbonyl (C=O) groups is 1. The number of carbonyl (C=O) groups excluding carboxylic acids is 1. The zero-order valence-electron chi connectivity index (χ0n) is 16.3. The van der Waals surface area contributed by atoms with E-state index in [-0.39, 0.29) is 11.7 Å². The van der Waals surface area contributed by atoms with Gasteiger partial charge in [0.05, 0.1) is 11.4 Å². The highest BCUT2D eigenvalue weighted by Gasteiger charge is 2.14. The number of hydrogen-bond donors (Lipinski definition) is 2. The molecule has 0 aliphatic rings. The summed E-state index contributed by atoms with van der Waals surface area (Å²) in [7, 11) is 0. The van der Waals surface area contributed by atoms with E-state index in [1.54, 1.807) is 6.20 Å². The predicted molar refractivity (Wildman–Crippen MR) is 109 cm³/mol. The van der Waals surface area contributed by atoms with E-state index < -0.39 is 0 Å². The Bertz CT molecular complexity index is 1130. The van der Waals surface area contributed by atoms with Crippen molar-refractivity contribution >= 4 is 11.7 Å². The number of nitrogens with one attached hydrogen (secondary N) is 2. The molecule has 3 aromatic heterocycles. The number of aromatic amines is 1. The van der Waals surface area contributed by atoms with Gasteiger partial charge in [-0.15, -0.1) is 10.2 Å². The summed E-state index contributed by atoms with van der Waals surface area (Å²) in [6.45, 7) is 4.75. The van der Waals surface area contributed by atoms with E-state index in [2.05, 4.69) is 30.6 Å². The molecule has 0 radical (unpaired) electrons. The molecule has 8 heteroatoms. The molecule has 29 heavy (non-hydrogen) atoms. The Balaban J connectivity index is 1.49. The lowest BCUT2D eigenvalue weighted by atomic mass is 10.1. The number of hydrogen-bond acceptors (Lipinski definition) is 5. The molecular formula is C21H21N7O. The lowest BCUT2D eigenvalue weighted by Crippen LogP contribution is -2.15. The lowest BCUT2D eigenvalue weighted by molar-refractivity contribution is 0.101. The first-order valence-corrected chi connectivity index (χ1v) is 9.40. The molecule has 4 rings (SSSR count). The number of nitrogens with zero attached hydrogens (tertiary/aromatic N) is 5. The first-order chi connectivity index (χ1) is 14.1. The lowest BCUT2D eigenvalue weighted by Gasteiger charge is -2.07. The molecule has 0 fully saturated rings. The maximum atomic E-state index is 12.6. The minimum Gasteiger partial charge on any atom is -0.321 e. The maximum Gasteiger partial charge on any atom is 0.294 e. The minimum absolute atomic E-state index is 0.151. The molecule has 0 saturated carbocycles. The number of rotatable bonds is 6. The van der Waals surface area contributed by atoms with Crippen LogP contribution in [0.5, 0.6) is 0 Å². The minimum atomic E-state index is -0.387. The summed E-state index contributed by atoms with van der Waals surface area (Å²) in [4.78, 5) is 19.8. The molecule has 0 aliphatic heterocycles. The number of amides is 1. The van der Waals surface area contributed by atoms with Gasteiger partial charge in [0, 0.05) is 24.7 Å². The van der Waals surface area contributed by atoms with Gasteiger partial charge in [-0.25, -0.2) is 4.98 Å². The summed E-state index contributed by atoms with van der Waals surface area (Å²) >= 11 is 0. The van der Waals surface area contributed by atoms with E-state index in [1.807, 2.05) is 67.1 Å². The van der Waals surface area contributed by atoms with Crippen LogP contribution in [-0.2, 0) is 13.0 Å². The van der Waals surface area contributed by atoms with E-state index in [0.29, 0.717) is 18.1 Å². The van der Waals surface area contributed by atoms with Crippen molar-refractivity contribution in [2.75, 3.05) is 5.32 Å². The molecule has 0 spiro atoms. The third-order valence-corrected chi connectivity index (χ3v) is 4.46. The second kappa shape index (κ2) is 8.05. The van der Waals surface area contributed by atoms with Crippen LogP contribution in [0.3, 0.4) is 0 Å². The Morgan fingerprint density at radius 3 is 2.76 bits per heavy atom. The zero-order chi connectivity index (χ0) is 20.2. The fourth-order valence-electron chi connectivity index (χ4n) is 3.12. The summed E-state index contributed by atoms with van der Waals surface area (Å²) in [6.07, 6.45) is 2.24. The van der Waals surface area contributed by atoms with Crippen LogP contribution >= 0.6 is 0 Å². The number of benzene rings is 1. The summed E-state index contributed by atoms with van der Waals surface area (Å²) in [5.74, 6) is 0.833. The van der Waals surface area contributed by atoms with Crippen LogP contribution in [0.2, 0.25) is 0 Å².